The lowest BCUT2D eigenvalue weighted by Crippen LogP contribution is -2.29. The summed E-state index contributed by atoms with van der Waals surface area (Å²) in [5.74, 6) is -0.0622. The highest BCUT2D eigenvalue weighted by Gasteiger charge is 2.24. The number of urea groups is 1. The molecule has 0 saturated carbocycles. The van der Waals surface area contributed by atoms with Crippen molar-refractivity contribution in [1.29, 1.82) is 0 Å². The van der Waals surface area contributed by atoms with Gasteiger partial charge in [0.25, 0.3) is 5.91 Å². The van der Waals surface area contributed by atoms with Gasteiger partial charge < -0.3 is 15.5 Å². The topological polar surface area (TPSA) is 61.4 Å². The van der Waals surface area contributed by atoms with Crippen LogP contribution in [0.4, 0.5) is 16.2 Å². The van der Waals surface area contributed by atoms with Gasteiger partial charge >= 0.3 is 6.03 Å². The lowest BCUT2D eigenvalue weighted by molar-refractivity contribution is 0.0990. The molecule has 0 saturated heterocycles. The number of nitrogens with one attached hydrogen (secondary N) is 2. The summed E-state index contributed by atoms with van der Waals surface area (Å²) < 4.78 is 0. The van der Waals surface area contributed by atoms with E-state index in [1.807, 2.05) is 73.7 Å². The number of carbonyl (C=O) groups excluding carboxylic acids is 2. The van der Waals surface area contributed by atoms with E-state index >= 15 is 0 Å². The second-order valence-electron chi connectivity index (χ2n) is 6.94. The van der Waals surface area contributed by atoms with Crippen molar-refractivity contribution < 1.29 is 9.59 Å². The highest BCUT2D eigenvalue weighted by Crippen LogP contribution is 2.41. The Morgan fingerprint density at radius 3 is 2.55 bits per heavy atom. The van der Waals surface area contributed by atoms with Crippen molar-refractivity contribution in [2.24, 2.45) is 0 Å². The molecule has 1 aliphatic heterocycles. The van der Waals surface area contributed by atoms with Crippen LogP contribution in [0.1, 0.15) is 21.5 Å². The van der Waals surface area contributed by atoms with Gasteiger partial charge in [-0.15, -0.1) is 0 Å². The predicted octanol–water partition coefficient (Wildman–Crippen LogP) is 5.06. The van der Waals surface area contributed by atoms with Crippen molar-refractivity contribution in [3.63, 3.8) is 0 Å². The molecule has 3 aromatic rings. The Kier molecular flexibility index (Phi) is 5.27. The molecule has 6 heteroatoms. The molecule has 4 rings (SSSR count). The Balaban J connectivity index is 1.49. The van der Waals surface area contributed by atoms with Crippen LogP contribution in [0.3, 0.4) is 0 Å². The Hall–Kier alpha value is -3.25. The fourth-order valence-corrected chi connectivity index (χ4v) is 4.23. The molecule has 0 aliphatic carbocycles. The molecular weight excluding hydrogens is 382 g/mol. The predicted molar refractivity (Wildman–Crippen MR) is 117 cm³/mol. The summed E-state index contributed by atoms with van der Waals surface area (Å²) >= 11 is 1.56. The summed E-state index contributed by atoms with van der Waals surface area (Å²) in [6, 6.07) is 20.9. The van der Waals surface area contributed by atoms with Gasteiger partial charge in [-0.2, -0.15) is 0 Å². The van der Waals surface area contributed by atoms with Crippen molar-refractivity contribution >= 4 is 35.1 Å². The van der Waals surface area contributed by atoms with Crippen molar-refractivity contribution in [1.82, 2.24) is 5.32 Å². The monoisotopic (exact) mass is 403 g/mol. The van der Waals surface area contributed by atoms with Gasteiger partial charge in [-0.1, -0.05) is 53.7 Å². The molecule has 3 amide bonds. The third kappa shape index (κ3) is 4.12. The number of anilines is 2. The third-order valence-electron chi connectivity index (χ3n) is 4.79. The fraction of sp³-hybridized carbons (Fsp3) is 0.130. The molecule has 0 fully saturated rings. The molecule has 0 aromatic heterocycles. The first-order valence-electron chi connectivity index (χ1n) is 9.30. The van der Waals surface area contributed by atoms with Crippen molar-refractivity contribution in [2.75, 3.05) is 17.3 Å². The van der Waals surface area contributed by atoms with E-state index in [-0.39, 0.29) is 11.9 Å². The van der Waals surface area contributed by atoms with Gasteiger partial charge in [-0.25, -0.2) is 4.79 Å². The molecule has 1 aliphatic rings. The standard InChI is InChI=1S/C23H21N3O2S/c1-15-7-9-16(10-8-15)14-24-23(28)25-17-11-12-21-19(13-17)26(2)22(27)18-5-3-4-6-20(18)29-21/h3-13H,14H2,1-2H3,(H2,24,25,28). The second-order valence-corrected chi connectivity index (χ2v) is 8.02. The van der Waals surface area contributed by atoms with Gasteiger partial charge in [0, 0.05) is 29.1 Å². The summed E-state index contributed by atoms with van der Waals surface area (Å²) in [5.41, 5.74) is 4.31. The van der Waals surface area contributed by atoms with Crippen LogP contribution in [-0.2, 0) is 6.54 Å². The number of amides is 3. The summed E-state index contributed by atoms with van der Waals surface area (Å²) in [6.45, 7) is 2.47. The molecule has 0 atom stereocenters. The summed E-state index contributed by atoms with van der Waals surface area (Å²) in [6.07, 6.45) is 0. The van der Waals surface area contributed by atoms with Crippen LogP contribution >= 0.6 is 11.8 Å². The normalized spacial score (nSPS) is 12.6. The van der Waals surface area contributed by atoms with Gasteiger partial charge in [0.05, 0.1) is 11.3 Å². The number of hydrogen-bond donors (Lipinski definition) is 2. The van der Waals surface area contributed by atoms with Gasteiger partial charge in [0.15, 0.2) is 0 Å². The molecule has 5 nitrogen and oxygen atoms in total. The first-order valence-corrected chi connectivity index (χ1v) is 10.1. The van der Waals surface area contributed by atoms with E-state index in [1.54, 1.807) is 23.7 Å². The van der Waals surface area contributed by atoms with E-state index < -0.39 is 0 Å². The van der Waals surface area contributed by atoms with E-state index in [1.165, 1.54) is 5.56 Å². The summed E-state index contributed by atoms with van der Waals surface area (Å²) in [7, 11) is 1.76. The minimum Gasteiger partial charge on any atom is -0.334 e. The van der Waals surface area contributed by atoms with Crippen molar-refractivity contribution in [2.45, 2.75) is 23.3 Å². The maximum absolute atomic E-state index is 12.8. The Morgan fingerprint density at radius 1 is 1.00 bits per heavy atom. The average Bonchev–Trinajstić information content (AvgIpc) is 2.83. The first kappa shape index (κ1) is 19.1. The van der Waals surface area contributed by atoms with Crippen LogP contribution in [0.2, 0.25) is 0 Å². The Labute approximate surface area is 174 Å². The van der Waals surface area contributed by atoms with Gasteiger partial charge in [-0.3, -0.25) is 4.79 Å². The van der Waals surface area contributed by atoms with Gasteiger partial charge in [0.1, 0.15) is 0 Å². The zero-order valence-corrected chi connectivity index (χ0v) is 17.0. The van der Waals surface area contributed by atoms with E-state index in [2.05, 4.69) is 10.6 Å². The summed E-state index contributed by atoms with van der Waals surface area (Å²) in [4.78, 5) is 28.7. The zero-order valence-electron chi connectivity index (χ0n) is 16.2. The van der Waals surface area contributed by atoms with Crippen LogP contribution in [0.25, 0.3) is 0 Å². The van der Waals surface area contributed by atoms with Gasteiger partial charge in [0.2, 0.25) is 0 Å². The fourth-order valence-electron chi connectivity index (χ4n) is 3.15. The largest absolute Gasteiger partial charge is 0.334 e. The van der Waals surface area contributed by atoms with E-state index in [0.29, 0.717) is 17.8 Å². The maximum atomic E-state index is 12.8. The van der Waals surface area contributed by atoms with Crippen LogP contribution < -0.4 is 15.5 Å². The van der Waals surface area contributed by atoms with Crippen LogP contribution in [-0.4, -0.2) is 19.0 Å². The molecule has 29 heavy (non-hydrogen) atoms. The molecule has 0 bridgehead atoms. The van der Waals surface area contributed by atoms with Crippen molar-refractivity contribution in [3.05, 3.63) is 83.4 Å². The zero-order chi connectivity index (χ0) is 20.4. The number of rotatable bonds is 3. The number of hydrogen-bond acceptors (Lipinski definition) is 3. The molecule has 3 aromatic carbocycles. The second kappa shape index (κ2) is 8.01. The van der Waals surface area contributed by atoms with E-state index in [4.69, 9.17) is 0 Å². The Bertz CT molecular complexity index is 1080. The van der Waals surface area contributed by atoms with E-state index in [9.17, 15) is 9.59 Å². The van der Waals surface area contributed by atoms with Crippen LogP contribution in [0.15, 0.2) is 76.5 Å². The first-order chi connectivity index (χ1) is 14.0. The third-order valence-corrected chi connectivity index (χ3v) is 5.93. The number of benzene rings is 3. The maximum Gasteiger partial charge on any atom is 0.319 e. The molecule has 1 heterocycles. The minimum atomic E-state index is -0.288. The average molecular weight is 404 g/mol. The molecule has 2 N–H and O–H groups in total. The molecule has 146 valence electrons. The number of aryl methyl sites for hydroxylation is 1. The van der Waals surface area contributed by atoms with Crippen LogP contribution in [0.5, 0.6) is 0 Å². The molecule has 0 radical (unpaired) electrons. The lowest BCUT2D eigenvalue weighted by Gasteiger charge is -2.18. The quantitative estimate of drug-likeness (QED) is 0.643. The lowest BCUT2D eigenvalue weighted by atomic mass is 10.1. The number of carbonyl (C=O) groups is 2. The molecule has 0 unspecified atom stereocenters. The van der Waals surface area contributed by atoms with Crippen LogP contribution in [0, 0.1) is 6.92 Å². The number of fused-ring (bicyclic) bond motifs is 2. The van der Waals surface area contributed by atoms with Crippen molar-refractivity contribution in [3.8, 4) is 0 Å². The molecule has 0 spiro atoms. The number of nitrogens with zero attached hydrogens (tertiary/aromatic N) is 1. The SMILES string of the molecule is Cc1ccc(CNC(=O)Nc2ccc3c(c2)N(C)C(=O)c2ccccc2S3)cc1. The van der Waals surface area contributed by atoms with E-state index in [0.717, 1.165) is 21.0 Å². The highest BCUT2D eigenvalue weighted by molar-refractivity contribution is 7.99. The van der Waals surface area contributed by atoms with Gasteiger partial charge in [-0.05, 0) is 42.8 Å². The Morgan fingerprint density at radius 2 is 1.76 bits per heavy atom. The minimum absolute atomic E-state index is 0.0622. The molecular formula is C23H21N3O2S. The highest BCUT2D eigenvalue weighted by atomic mass is 32.2. The summed E-state index contributed by atoms with van der Waals surface area (Å²) in [5, 5.41) is 5.71. The smallest absolute Gasteiger partial charge is 0.319 e.